The van der Waals surface area contributed by atoms with E-state index < -0.39 is 38.6 Å². The molecule has 3 N–H and O–H groups in total. The van der Waals surface area contributed by atoms with Crippen LogP contribution in [0.4, 0.5) is 27.1 Å². The standard InChI is InChI=1S/C13H9FN4O5/c14-8-1-3-9(4-2-8)16-12-10(17(20)21)5-7(13(15)19)6-11(12)18(22)23/h1-6,16H,(H2,15,19). The molecule has 0 heterocycles. The van der Waals surface area contributed by atoms with Crippen LogP contribution in [0.1, 0.15) is 10.4 Å². The van der Waals surface area contributed by atoms with Crippen LogP contribution in [0.2, 0.25) is 0 Å². The monoisotopic (exact) mass is 320 g/mol. The predicted octanol–water partition coefficient (Wildman–Crippen LogP) is 2.48. The summed E-state index contributed by atoms with van der Waals surface area (Å²) in [5, 5.41) is 24.8. The van der Waals surface area contributed by atoms with Crippen molar-refractivity contribution < 1.29 is 19.0 Å². The molecule has 0 aliphatic carbocycles. The van der Waals surface area contributed by atoms with Crippen LogP contribution in [0, 0.1) is 26.0 Å². The number of benzene rings is 2. The average molecular weight is 320 g/mol. The number of carbonyl (C=O) groups is 1. The van der Waals surface area contributed by atoms with Gasteiger partial charge in [0.1, 0.15) is 5.82 Å². The SMILES string of the molecule is NC(=O)c1cc([N+](=O)[O-])c(Nc2ccc(F)cc2)c([N+](=O)[O-])c1. The van der Waals surface area contributed by atoms with E-state index in [-0.39, 0.29) is 11.3 Å². The first-order valence-corrected chi connectivity index (χ1v) is 6.09. The first kappa shape index (κ1) is 15.8. The van der Waals surface area contributed by atoms with E-state index in [2.05, 4.69) is 5.32 Å². The van der Waals surface area contributed by atoms with Crippen molar-refractivity contribution in [2.45, 2.75) is 0 Å². The van der Waals surface area contributed by atoms with Gasteiger partial charge in [0.05, 0.1) is 15.4 Å². The van der Waals surface area contributed by atoms with Crippen LogP contribution < -0.4 is 11.1 Å². The number of rotatable bonds is 5. The maximum absolute atomic E-state index is 12.9. The summed E-state index contributed by atoms with van der Waals surface area (Å²) in [6.45, 7) is 0. The summed E-state index contributed by atoms with van der Waals surface area (Å²) in [4.78, 5) is 31.7. The Hall–Kier alpha value is -3.56. The summed E-state index contributed by atoms with van der Waals surface area (Å²) in [7, 11) is 0. The van der Waals surface area contributed by atoms with E-state index in [1.54, 1.807) is 0 Å². The van der Waals surface area contributed by atoms with E-state index in [1.807, 2.05) is 0 Å². The Morgan fingerprint density at radius 3 is 1.91 bits per heavy atom. The van der Waals surface area contributed by atoms with Gasteiger partial charge in [0.15, 0.2) is 5.69 Å². The Bertz CT molecular complexity index is 772. The molecule has 9 nitrogen and oxygen atoms in total. The van der Waals surface area contributed by atoms with E-state index in [9.17, 15) is 29.4 Å². The molecule has 0 fully saturated rings. The number of nitrogens with zero attached hydrogens (tertiary/aromatic N) is 2. The molecule has 2 rings (SSSR count). The molecule has 0 bridgehead atoms. The molecule has 0 aromatic heterocycles. The van der Waals surface area contributed by atoms with Gasteiger partial charge in [-0.25, -0.2) is 4.39 Å². The fourth-order valence-corrected chi connectivity index (χ4v) is 1.85. The summed E-state index contributed by atoms with van der Waals surface area (Å²) in [6, 6.07) is 6.34. The molecule has 0 saturated heterocycles. The molecule has 1 amide bonds. The van der Waals surface area contributed by atoms with Crippen molar-refractivity contribution in [2.75, 3.05) is 5.32 Å². The summed E-state index contributed by atoms with van der Waals surface area (Å²) in [5.41, 5.74) is 3.03. The van der Waals surface area contributed by atoms with E-state index >= 15 is 0 Å². The molecular formula is C13H9FN4O5. The maximum atomic E-state index is 12.9. The lowest BCUT2D eigenvalue weighted by Crippen LogP contribution is -2.13. The molecule has 118 valence electrons. The van der Waals surface area contributed by atoms with Gasteiger partial charge in [-0.15, -0.1) is 0 Å². The highest BCUT2D eigenvalue weighted by Gasteiger charge is 2.28. The zero-order chi connectivity index (χ0) is 17.1. The van der Waals surface area contributed by atoms with Crippen molar-refractivity contribution in [2.24, 2.45) is 5.73 Å². The quantitative estimate of drug-likeness (QED) is 0.640. The normalized spacial score (nSPS) is 10.1. The van der Waals surface area contributed by atoms with Crippen LogP contribution in [-0.4, -0.2) is 15.8 Å². The minimum absolute atomic E-state index is 0.199. The van der Waals surface area contributed by atoms with Gasteiger partial charge in [0, 0.05) is 17.8 Å². The van der Waals surface area contributed by atoms with Crippen molar-refractivity contribution in [1.82, 2.24) is 0 Å². The molecule has 0 radical (unpaired) electrons. The van der Waals surface area contributed by atoms with Gasteiger partial charge in [-0.3, -0.25) is 25.0 Å². The lowest BCUT2D eigenvalue weighted by molar-refractivity contribution is -0.392. The molecule has 0 saturated carbocycles. The van der Waals surface area contributed by atoms with Gasteiger partial charge in [-0.1, -0.05) is 0 Å². The van der Waals surface area contributed by atoms with Gasteiger partial charge >= 0.3 is 11.4 Å². The molecule has 2 aromatic rings. The van der Waals surface area contributed by atoms with E-state index in [4.69, 9.17) is 5.73 Å². The summed E-state index contributed by atoms with van der Waals surface area (Å²) in [6.07, 6.45) is 0. The van der Waals surface area contributed by atoms with Crippen molar-refractivity contribution in [3.8, 4) is 0 Å². The number of carbonyl (C=O) groups excluding carboxylic acids is 1. The van der Waals surface area contributed by atoms with Crippen LogP contribution in [0.15, 0.2) is 36.4 Å². The number of nitro groups is 2. The van der Waals surface area contributed by atoms with E-state index in [0.717, 1.165) is 24.3 Å². The Morgan fingerprint density at radius 1 is 1.04 bits per heavy atom. The highest BCUT2D eigenvalue weighted by molar-refractivity contribution is 5.96. The third-order valence-corrected chi connectivity index (χ3v) is 2.89. The van der Waals surface area contributed by atoms with Crippen molar-refractivity contribution in [3.05, 3.63) is 68.0 Å². The zero-order valence-corrected chi connectivity index (χ0v) is 11.4. The number of halogens is 1. The van der Waals surface area contributed by atoms with Crippen LogP contribution in [0.5, 0.6) is 0 Å². The number of amides is 1. The number of nitrogens with one attached hydrogen (secondary N) is 1. The number of anilines is 2. The number of nitrogens with two attached hydrogens (primary N) is 1. The molecule has 10 heteroatoms. The van der Waals surface area contributed by atoms with Gasteiger partial charge in [0.25, 0.3) is 0 Å². The second kappa shape index (κ2) is 6.05. The first-order chi connectivity index (χ1) is 10.8. The topological polar surface area (TPSA) is 141 Å². The Kier molecular flexibility index (Phi) is 4.16. The van der Waals surface area contributed by atoms with Crippen LogP contribution in [-0.2, 0) is 0 Å². The van der Waals surface area contributed by atoms with E-state index in [0.29, 0.717) is 0 Å². The van der Waals surface area contributed by atoms with E-state index in [1.165, 1.54) is 12.1 Å². The van der Waals surface area contributed by atoms with Crippen molar-refractivity contribution >= 4 is 28.7 Å². The number of primary amides is 1. The summed E-state index contributed by atoms with van der Waals surface area (Å²) in [5.74, 6) is -1.58. The molecule has 0 aliphatic rings. The minimum Gasteiger partial charge on any atom is -0.366 e. The molecule has 0 spiro atoms. The molecule has 2 aromatic carbocycles. The molecule has 0 unspecified atom stereocenters. The summed E-state index contributed by atoms with van der Waals surface area (Å²) < 4.78 is 12.9. The second-order valence-electron chi connectivity index (χ2n) is 4.40. The predicted molar refractivity (Wildman–Crippen MR) is 78.0 cm³/mol. The lowest BCUT2D eigenvalue weighted by atomic mass is 10.1. The fraction of sp³-hybridized carbons (Fsp3) is 0. The minimum atomic E-state index is -1.04. The maximum Gasteiger partial charge on any atom is 0.300 e. The van der Waals surface area contributed by atoms with Crippen LogP contribution in [0.3, 0.4) is 0 Å². The zero-order valence-electron chi connectivity index (χ0n) is 11.4. The Balaban J connectivity index is 2.63. The molecule has 23 heavy (non-hydrogen) atoms. The molecule has 0 atom stereocenters. The highest BCUT2D eigenvalue weighted by Crippen LogP contribution is 2.37. The molecular weight excluding hydrogens is 311 g/mol. The first-order valence-electron chi connectivity index (χ1n) is 6.09. The third-order valence-electron chi connectivity index (χ3n) is 2.89. The van der Waals surface area contributed by atoms with Crippen molar-refractivity contribution in [1.29, 1.82) is 0 Å². The number of nitro benzene ring substituents is 2. The van der Waals surface area contributed by atoms with Crippen molar-refractivity contribution in [3.63, 3.8) is 0 Å². The van der Waals surface area contributed by atoms with Gasteiger partial charge in [0.2, 0.25) is 5.91 Å². The summed E-state index contributed by atoms with van der Waals surface area (Å²) >= 11 is 0. The largest absolute Gasteiger partial charge is 0.366 e. The number of hydrogen-bond donors (Lipinski definition) is 2. The smallest absolute Gasteiger partial charge is 0.300 e. The Morgan fingerprint density at radius 2 is 1.52 bits per heavy atom. The van der Waals surface area contributed by atoms with Gasteiger partial charge < -0.3 is 11.1 Å². The second-order valence-corrected chi connectivity index (χ2v) is 4.40. The Labute approximate surface area is 127 Å². The van der Waals surface area contributed by atoms with Crippen LogP contribution in [0.25, 0.3) is 0 Å². The lowest BCUT2D eigenvalue weighted by Gasteiger charge is -2.09. The average Bonchev–Trinajstić information content (AvgIpc) is 2.48. The van der Waals surface area contributed by atoms with Crippen LogP contribution >= 0.6 is 0 Å². The number of hydrogen-bond acceptors (Lipinski definition) is 6. The van der Waals surface area contributed by atoms with Gasteiger partial charge in [-0.2, -0.15) is 0 Å². The van der Waals surface area contributed by atoms with Gasteiger partial charge in [-0.05, 0) is 24.3 Å². The highest BCUT2D eigenvalue weighted by atomic mass is 19.1. The fourth-order valence-electron chi connectivity index (χ4n) is 1.85. The molecule has 0 aliphatic heterocycles. The third kappa shape index (κ3) is 3.37.